The molecule has 4 rings (SSSR count). The summed E-state index contributed by atoms with van der Waals surface area (Å²) in [4.78, 5) is 24.0. The van der Waals surface area contributed by atoms with Crippen LogP contribution in [-0.2, 0) is 11.8 Å². The van der Waals surface area contributed by atoms with Crippen LogP contribution < -0.4 is 5.32 Å². The molecule has 3 aromatic rings. The number of benzene rings is 1. The molecule has 2 N–H and O–H groups in total. The topological polar surface area (TPSA) is 88.0 Å². The fourth-order valence-electron chi connectivity index (χ4n) is 3.93. The van der Waals surface area contributed by atoms with E-state index in [0.29, 0.717) is 17.2 Å². The number of carbonyl (C=O) groups is 1. The fraction of sp³-hybridized carbons (Fsp3) is 0.455. The summed E-state index contributed by atoms with van der Waals surface area (Å²) in [5.41, 5.74) is -0.271. The Bertz CT molecular complexity index is 1150. The van der Waals surface area contributed by atoms with E-state index in [1.165, 1.54) is 19.3 Å². The highest BCUT2D eigenvalue weighted by molar-refractivity contribution is 7.18. The smallest absolute Gasteiger partial charge is 0.386 e. The summed E-state index contributed by atoms with van der Waals surface area (Å²) in [6, 6.07) is 4.56. The second kappa shape index (κ2) is 8.40. The van der Waals surface area contributed by atoms with Crippen molar-refractivity contribution >= 4 is 33.1 Å². The lowest BCUT2D eigenvalue weighted by atomic mass is 9.90. The quantitative estimate of drug-likeness (QED) is 0.522. The van der Waals surface area contributed by atoms with Gasteiger partial charge in [-0.05, 0) is 44.9 Å². The molecular weight excluding hydrogens is 441 g/mol. The standard InChI is InChI=1S/C22H23F3N4O2S/c1-21(2,31)13-10-16-17(32-19(28-16)12-6-4-3-5-7-12)11-15(13)27-18(30)14-8-9-26-20(29-14)22(23,24)25/h8-12,31H,3-7H2,1-2H3,(H,27,30). The second-order valence-corrected chi connectivity index (χ2v) is 9.59. The van der Waals surface area contributed by atoms with Crippen LogP contribution in [0.2, 0.25) is 0 Å². The molecule has 1 aromatic carbocycles. The number of nitrogens with one attached hydrogen (secondary N) is 1. The van der Waals surface area contributed by atoms with E-state index in [4.69, 9.17) is 4.98 Å². The van der Waals surface area contributed by atoms with Gasteiger partial charge in [0.1, 0.15) is 5.69 Å². The van der Waals surface area contributed by atoms with Crippen molar-refractivity contribution in [1.82, 2.24) is 15.0 Å². The van der Waals surface area contributed by atoms with Gasteiger partial charge in [0.15, 0.2) is 0 Å². The van der Waals surface area contributed by atoms with E-state index in [2.05, 4.69) is 15.3 Å². The zero-order chi connectivity index (χ0) is 23.1. The van der Waals surface area contributed by atoms with Gasteiger partial charge in [-0.25, -0.2) is 15.0 Å². The maximum Gasteiger partial charge on any atom is 0.451 e. The maximum atomic E-state index is 12.9. The molecule has 1 aliphatic rings. The van der Waals surface area contributed by atoms with Gasteiger partial charge in [0.25, 0.3) is 5.91 Å². The van der Waals surface area contributed by atoms with Crippen LogP contribution in [0.1, 0.15) is 78.8 Å². The lowest BCUT2D eigenvalue weighted by molar-refractivity contribution is -0.145. The summed E-state index contributed by atoms with van der Waals surface area (Å²) < 4.78 is 39.6. The first-order valence-electron chi connectivity index (χ1n) is 10.4. The number of fused-ring (bicyclic) bond motifs is 1. The SMILES string of the molecule is CC(C)(O)c1cc2nc(C3CCCCC3)sc2cc1NC(=O)c1ccnc(C(F)(F)F)n1. The molecule has 170 valence electrons. The van der Waals surface area contributed by atoms with Crippen molar-refractivity contribution in [2.24, 2.45) is 0 Å². The van der Waals surface area contributed by atoms with Gasteiger partial charge in [-0.15, -0.1) is 11.3 Å². The summed E-state index contributed by atoms with van der Waals surface area (Å²) in [5.74, 6) is -1.80. The first kappa shape index (κ1) is 22.6. The number of aliphatic hydroxyl groups is 1. The van der Waals surface area contributed by atoms with Crippen molar-refractivity contribution in [3.63, 3.8) is 0 Å². The number of rotatable bonds is 4. The van der Waals surface area contributed by atoms with Gasteiger partial charge < -0.3 is 10.4 Å². The van der Waals surface area contributed by atoms with Gasteiger partial charge in [-0.3, -0.25) is 4.79 Å². The van der Waals surface area contributed by atoms with Crippen LogP contribution in [-0.4, -0.2) is 26.0 Å². The number of aromatic nitrogens is 3. The van der Waals surface area contributed by atoms with Crippen LogP contribution in [0, 0.1) is 0 Å². The Balaban J connectivity index is 1.69. The predicted octanol–water partition coefficient (Wildman–Crippen LogP) is 5.63. The van der Waals surface area contributed by atoms with Gasteiger partial charge in [0, 0.05) is 23.4 Å². The van der Waals surface area contributed by atoms with E-state index < -0.39 is 29.2 Å². The monoisotopic (exact) mass is 464 g/mol. The molecule has 0 spiro atoms. The molecule has 2 aromatic heterocycles. The third kappa shape index (κ3) is 4.75. The van der Waals surface area contributed by atoms with E-state index >= 15 is 0 Å². The predicted molar refractivity (Wildman–Crippen MR) is 116 cm³/mol. The summed E-state index contributed by atoms with van der Waals surface area (Å²) in [5, 5.41) is 14.3. The highest BCUT2D eigenvalue weighted by Gasteiger charge is 2.35. The number of hydrogen-bond donors (Lipinski definition) is 2. The van der Waals surface area contributed by atoms with Crippen LogP contribution in [0.15, 0.2) is 24.4 Å². The molecule has 0 bridgehead atoms. The Hall–Kier alpha value is -2.59. The summed E-state index contributed by atoms with van der Waals surface area (Å²) in [6.07, 6.45) is 1.91. The van der Waals surface area contributed by atoms with Crippen LogP contribution in [0.5, 0.6) is 0 Å². The minimum absolute atomic E-state index is 0.306. The Kier molecular flexibility index (Phi) is 5.93. The zero-order valence-electron chi connectivity index (χ0n) is 17.7. The minimum atomic E-state index is -4.76. The minimum Gasteiger partial charge on any atom is -0.386 e. The first-order chi connectivity index (χ1) is 15.0. The van der Waals surface area contributed by atoms with E-state index in [9.17, 15) is 23.1 Å². The van der Waals surface area contributed by atoms with Crippen molar-refractivity contribution in [2.75, 3.05) is 5.32 Å². The second-order valence-electron chi connectivity index (χ2n) is 8.53. The maximum absolute atomic E-state index is 12.9. The molecule has 0 aliphatic heterocycles. The number of thiazole rings is 1. The summed E-state index contributed by atoms with van der Waals surface area (Å²) in [6.45, 7) is 3.15. The number of nitrogens with zero attached hydrogens (tertiary/aromatic N) is 3. The first-order valence-corrected chi connectivity index (χ1v) is 11.2. The van der Waals surface area contributed by atoms with Gasteiger partial charge >= 0.3 is 6.18 Å². The molecular formula is C22H23F3N4O2S. The van der Waals surface area contributed by atoms with Crippen LogP contribution in [0.4, 0.5) is 18.9 Å². The Labute approximate surface area is 186 Å². The third-order valence-electron chi connectivity index (χ3n) is 5.55. The van der Waals surface area contributed by atoms with E-state index in [1.807, 2.05) is 0 Å². The third-order valence-corrected chi connectivity index (χ3v) is 6.73. The summed E-state index contributed by atoms with van der Waals surface area (Å²) in [7, 11) is 0. The molecule has 1 saturated carbocycles. The molecule has 2 heterocycles. The molecule has 0 atom stereocenters. The number of carbonyl (C=O) groups excluding carboxylic acids is 1. The highest BCUT2D eigenvalue weighted by Crippen LogP contribution is 2.40. The van der Waals surface area contributed by atoms with E-state index in [-0.39, 0.29) is 0 Å². The van der Waals surface area contributed by atoms with Gasteiger partial charge in [0.2, 0.25) is 5.82 Å². The Morgan fingerprint density at radius 2 is 1.88 bits per heavy atom. The molecule has 10 heteroatoms. The lowest BCUT2D eigenvalue weighted by Gasteiger charge is -2.22. The molecule has 6 nitrogen and oxygen atoms in total. The molecule has 0 radical (unpaired) electrons. The normalized spacial score (nSPS) is 15.8. The fourth-order valence-corrected chi connectivity index (χ4v) is 5.09. The van der Waals surface area contributed by atoms with Gasteiger partial charge in [0.05, 0.1) is 20.8 Å². The van der Waals surface area contributed by atoms with Gasteiger partial charge in [-0.2, -0.15) is 13.2 Å². The molecule has 1 amide bonds. The molecule has 0 saturated heterocycles. The number of anilines is 1. The van der Waals surface area contributed by atoms with E-state index in [0.717, 1.165) is 40.3 Å². The Morgan fingerprint density at radius 3 is 2.53 bits per heavy atom. The number of alkyl halides is 3. The van der Waals surface area contributed by atoms with Crippen molar-refractivity contribution in [2.45, 2.75) is 63.6 Å². The highest BCUT2D eigenvalue weighted by atomic mass is 32.1. The van der Waals surface area contributed by atoms with Crippen molar-refractivity contribution in [3.05, 3.63) is 46.5 Å². The van der Waals surface area contributed by atoms with Crippen LogP contribution >= 0.6 is 11.3 Å². The molecule has 1 aliphatic carbocycles. The van der Waals surface area contributed by atoms with Crippen molar-refractivity contribution < 1.29 is 23.1 Å². The lowest BCUT2D eigenvalue weighted by Crippen LogP contribution is -2.22. The van der Waals surface area contributed by atoms with Crippen LogP contribution in [0.25, 0.3) is 10.2 Å². The summed E-state index contributed by atoms with van der Waals surface area (Å²) >= 11 is 1.55. The average molecular weight is 465 g/mol. The van der Waals surface area contributed by atoms with Crippen molar-refractivity contribution in [3.8, 4) is 0 Å². The number of amides is 1. The molecule has 32 heavy (non-hydrogen) atoms. The molecule has 1 fully saturated rings. The van der Waals surface area contributed by atoms with Crippen molar-refractivity contribution in [1.29, 1.82) is 0 Å². The zero-order valence-corrected chi connectivity index (χ0v) is 18.5. The van der Waals surface area contributed by atoms with Crippen LogP contribution in [0.3, 0.4) is 0 Å². The average Bonchev–Trinajstić information content (AvgIpc) is 3.16. The Morgan fingerprint density at radius 1 is 1.16 bits per heavy atom. The van der Waals surface area contributed by atoms with Gasteiger partial charge in [-0.1, -0.05) is 19.3 Å². The molecule has 0 unspecified atom stereocenters. The number of halogens is 3. The number of hydrogen-bond acceptors (Lipinski definition) is 6. The largest absolute Gasteiger partial charge is 0.451 e. The van der Waals surface area contributed by atoms with E-state index in [1.54, 1.807) is 37.3 Å².